The summed E-state index contributed by atoms with van der Waals surface area (Å²) in [7, 11) is 4.07. The van der Waals surface area contributed by atoms with Crippen LogP contribution in [0.4, 0.5) is 5.69 Å². The van der Waals surface area contributed by atoms with Gasteiger partial charge in [0.25, 0.3) is 5.56 Å². The second kappa shape index (κ2) is 8.14. The van der Waals surface area contributed by atoms with E-state index in [1.807, 2.05) is 14.1 Å². The Balaban J connectivity index is 2.51. The van der Waals surface area contributed by atoms with Crippen LogP contribution in [0.1, 0.15) is 12.8 Å². The zero-order valence-corrected chi connectivity index (χ0v) is 12.2. The minimum Gasteiger partial charge on any atom is -0.394 e. The molecule has 1 rings (SSSR count). The Kier molecular flexibility index (Phi) is 6.83. The zero-order chi connectivity index (χ0) is 14.3. The van der Waals surface area contributed by atoms with Crippen molar-refractivity contribution in [2.45, 2.75) is 19.4 Å². The van der Waals surface area contributed by atoms with Crippen molar-refractivity contribution >= 4 is 17.3 Å². The van der Waals surface area contributed by atoms with Gasteiger partial charge in [-0.2, -0.15) is 5.10 Å². The van der Waals surface area contributed by atoms with E-state index in [1.165, 1.54) is 6.20 Å². The lowest BCUT2D eigenvalue weighted by Crippen LogP contribution is -2.25. The maximum Gasteiger partial charge on any atom is 0.287 e. The molecule has 1 aromatic heterocycles. The molecule has 0 saturated carbocycles. The SMILES string of the molecule is CN(C)CCCCNc1cnn(CCO)c(=O)c1Cl. The highest BCUT2D eigenvalue weighted by Crippen LogP contribution is 2.15. The van der Waals surface area contributed by atoms with E-state index >= 15 is 0 Å². The van der Waals surface area contributed by atoms with Crippen molar-refractivity contribution in [1.82, 2.24) is 14.7 Å². The van der Waals surface area contributed by atoms with Crippen molar-refractivity contribution in [3.8, 4) is 0 Å². The molecule has 0 unspecified atom stereocenters. The van der Waals surface area contributed by atoms with Gasteiger partial charge in [-0.1, -0.05) is 11.6 Å². The van der Waals surface area contributed by atoms with Gasteiger partial charge in [-0.3, -0.25) is 4.79 Å². The highest BCUT2D eigenvalue weighted by atomic mass is 35.5. The van der Waals surface area contributed by atoms with Gasteiger partial charge in [-0.15, -0.1) is 0 Å². The molecule has 0 spiro atoms. The molecule has 1 aromatic rings. The molecule has 0 aromatic carbocycles. The number of hydrogen-bond donors (Lipinski definition) is 2. The monoisotopic (exact) mass is 288 g/mol. The summed E-state index contributed by atoms with van der Waals surface area (Å²) in [5, 5.41) is 16.0. The molecular weight excluding hydrogens is 268 g/mol. The second-order valence-electron chi connectivity index (χ2n) is 4.56. The maximum absolute atomic E-state index is 11.8. The molecule has 0 radical (unpaired) electrons. The Hall–Kier alpha value is -1.11. The van der Waals surface area contributed by atoms with Gasteiger partial charge in [-0.05, 0) is 33.5 Å². The van der Waals surface area contributed by atoms with Crippen LogP contribution in [0.15, 0.2) is 11.0 Å². The number of unbranched alkanes of at least 4 members (excludes halogenated alkanes) is 1. The average molecular weight is 289 g/mol. The van der Waals surface area contributed by atoms with E-state index in [0.29, 0.717) is 5.69 Å². The fraction of sp³-hybridized carbons (Fsp3) is 0.667. The lowest BCUT2D eigenvalue weighted by molar-refractivity contribution is 0.266. The van der Waals surface area contributed by atoms with Crippen molar-refractivity contribution in [3.05, 3.63) is 21.6 Å². The van der Waals surface area contributed by atoms with Crippen LogP contribution in [0.3, 0.4) is 0 Å². The third-order valence-electron chi connectivity index (χ3n) is 2.64. The maximum atomic E-state index is 11.8. The Labute approximate surface area is 118 Å². The smallest absolute Gasteiger partial charge is 0.287 e. The largest absolute Gasteiger partial charge is 0.394 e. The first-order valence-electron chi connectivity index (χ1n) is 6.31. The van der Waals surface area contributed by atoms with Crippen molar-refractivity contribution < 1.29 is 5.11 Å². The number of rotatable bonds is 8. The van der Waals surface area contributed by atoms with Crippen molar-refractivity contribution in [2.24, 2.45) is 0 Å². The fourth-order valence-corrected chi connectivity index (χ4v) is 1.83. The summed E-state index contributed by atoms with van der Waals surface area (Å²) in [6, 6.07) is 0. The van der Waals surface area contributed by atoms with Crippen molar-refractivity contribution in [3.63, 3.8) is 0 Å². The molecule has 19 heavy (non-hydrogen) atoms. The molecule has 0 bridgehead atoms. The van der Waals surface area contributed by atoms with Gasteiger partial charge < -0.3 is 15.3 Å². The highest BCUT2D eigenvalue weighted by molar-refractivity contribution is 6.32. The van der Waals surface area contributed by atoms with E-state index in [2.05, 4.69) is 15.3 Å². The molecular formula is C12H21ClN4O2. The van der Waals surface area contributed by atoms with Crippen LogP contribution < -0.4 is 10.9 Å². The van der Waals surface area contributed by atoms with E-state index < -0.39 is 0 Å². The van der Waals surface area contributed by atoms with Gasteiger partial charge in [0.05, 0.1) is 25.0 Å². The summed E-state index contributed by atoms with van der Waals surface area (Å²) >= 11 is 5.97. The number of nitrogens with one attached hydrogen (secondary N) is 1. The van der Waals surface area contributed by atoms with Gasteiger partial charge in [0.15, 0.2) is 0 Å². The van der Waals surface area contributed by atoms with Crippen molar-refractivity contribution in [1.29, 1.82) is 0 Å². The normalized spacial score (nSPS) is 11.0. The molecule has 0 aliphatic carbocycles. The molecule has 6 nitrogen and oxygen atoms in total. The van der Waals surface area contributed by atoms with E-state index in [0.717, 1.165) is 30.6 Å². The van der Waals surface area contributed by atoms with Crippen LogP contribution in [-0.2, 0) is 6.54 Å². The number of halogens is 1. The van der Waals surface area contributed by atoms with Crippen LogP contribution in [0.2, 0.25) is 5.02 Å². The van der Waals surface area contributed by atoms with Crippen LogP contribution in [-0.4, -0.2) is 53.6 Å². The standard InChI is InChI=1S/C12H21ClN4O2/c1-16(2)6-4-3-5-14-10-9-15-17(7-8-18)12(19)11(10)13/h9,14,18H,3-8H2,1-2H3. The van der Waals surface area contributed by atoms with Gasteiger partial charge in [0.1, 0.15) is 5.02 Å². The first-order chi connectivity index (χ1) is 9.06. The molecule has 108 valence electrons. The topological polar surface area (TPSA) is 70.4 Å². The predicted molar refractivity (Wildman–Crippen MR) is 76.9 cm³/mol. The van der Waals surface area contributed by atoms with Gasteiger partial charge in [0, 0.05) is 6.54 Å². The Morgan fingerprint density at radius 3 is 2.84 bits per heavy atom. The summed E-state index contributed by atoms with van der Waals surface area (Å²) in [6.45, 7) is 1.80. The summed E-state index contributed by atoms with van der Waals surface area (Å²) in [5.74, 6) is 0. The van der Waals surface area contributed by atoms with E-state index in [4.69, 9.17) is 16.7 Å². The molecule has 0 fully saturated rings. The summed E-state index contributed by atoms with van der Waals surface area (Å²) < 4.78 is 1.15. The third-order valence-corrected chi connectivity index (χ3v) is 3.01. The van der Waals surface area contributed by atoms with E-state index in [9.17, 15) is 4.79 Å². The van der Waals surface area contributed by atoms with Gasteiger partial charge in [0.2, 0.25) is 0 Å². The number of aromatic nitrogens is 2. The van der Waals surface area contributed by atoms with Gasteiger partial charge >= 0.3 is 0 Å². The van der Waals surface area contributed by atoms with Crippen LogP contribution in [0.25, 0.3) is 0 Å². The minimum absolute atomic E-state index is 0.121. The molecule has 0 aliphatic heterocycles. The number of aliphatic hydroxyl groups excluding tert-OH is 1. The second-order valence-corrected chi connectivity index (χ2v) is 4.94. The fourth-order valence-electron chi connectivity index (χ4n) is 1.62. The lowest BCUT2D eigenvalue weighted by Gasteiger charge is -2.11. The van der Waals surface area contributed by atoms with Crippen molar-refractivity contribution in [2.75, 3.05) is 39.1 Å². The zero-order valence-electron chi connectivity index (χ0n) is 11.4. The molecule has 0 atom stereocenters. The number of aliphatic hydroxyl groups is 1. The van der Waals surface area contributed by atoms with E-state index in [1.54, 1.807) is 0 Å². The molecule has 1 heterocycles. The molecule has 2 N–H and O–H groups in total. The summed E-state index contributed by atoms with van der Waals surface area (Å²) in [6.07, 6.45) is 3.59. The highest BCUT2D eigenvalue weighted by Gasteiger charge is 2.08. The minimum atomic E-state index is -0.381. The van der Waals surface area contributed by atoms with Crippen LogP contribution in [0, 0.1) is 0 Å². The van der Waals surface area contributed by atoms with E-state index in [-0.39, 0.29) is 23.7 Å². The summed E-state index contributed by atoms with van der Waals surface area (Å²) in [4.78, 5) is 13.9. The predicted octanol–water partition coefficient (Wildman–Crippen LogP) is 0.643. The molecule has 0 amide bonds. The molecule has 0 saturated heterocycles. The quantitative estimate of drug-likeness (QED) is 0.687. The molecule has 7 heteroatoms. The van der Waals surface area contributed by atoms with Crippen LogP contribution >= 0.6 is 11.6 Å². The lowest BCUT2D eigenvalue weighted by atomic mass is 10.3. The first-order valence-corrected chi connectivity index (χ1v) is 6.69. The number of hydrogen-bond acceptors (Lipinski definition) is 5. The van der Waals surface area contributed by atoms with Gasteiger partial charge in [-0.25, -0.2) is 4.68 Å². The average Bonchev–Trinajstić information content (AvgIpc) is 2.37. The Bertz CT molecular complexity index is 448. The Morgan fingerprint density at radius 1 is 1.47 bits per heavy atom. The summed E-state index contributed by atoms with van der Waals surface area (Å²) in [5.41, 5.74) is 0.166. The molecule has 0 aliphatic rings. The Morgan fingerprint density at radius 2 is 2.21 bits per heavy atom. The number of anilines is 1. The third kappa shape index (κ3) is 5.18. The number of nitrogens with zero attached hydrogens (tertiary/aromatic N) is 3. The van der Waals surface area contributed by atoms with Crippen LogP contribution in [0.5, 0.6) is 0 Å². The first kappa shape index (κ1) is 15.9.